The van der Waals surface area contributed by atoms with Gasteiger partial charge in [0.1, 0.15) is 0 Å². The van der Waals surface area contributed by atoms with Crippen molar-refractivity contribution in [2.45, 2.75) is 71.4 Å². The molecule has 0 saturated heterocycles. The number of rotatable bonds is 6. The van der Waals surface area contributed by atoms with Crippen LogP contribution in [0, 0.1) is 0 Å². The van der Waals surface area contributed by atoms with Gasteiger partial charge in [0.05, 0.1) is 0 Å². The molecule has 0 fully saturated rings. The summed E-state index contributed by atoms with van der Waals surface area (Å²) in [6.45, 7) is 13.8. The quantitative estimate of drug-likeness (QED) is 0.157. The monoisotopic (exact) mass is 818 g/mol. The van der Waals surface area contributed by atoms with Gasteiger partial charge in [-0.1, -0.05) is 0 Å². The molecule has 2 aliphatic carbocycles. The molecule has 4 heteroatoms. The third-order valence-corrected chi connectivity index (χ3v) is 19.0. The maximum absolute atomic E-state index is 14.5. The molecule has 280 valence electrons. The first kappa shape index (κ1) is 38.2. The molecule has 0 N–H and O–H groups in total. The number of fused-ring (bicyclic) bond motifs is 3. The normalized spacial score (nSPS) is 14.3. The summed E-state index contributed by atoms with van der Waals surface area (Å²) in [4.78, 5) is 0. The third-order valence-electron chi connectivity index (χ3n) is 11.2. The SMILES string of the molecule is CC(C)(C)c1cc2c(cc1-c1ccccc1)Cc1c-2cc(C(C)(C)C)c(-c2ccccc2)[c]1/[Zr]([C]1=CC=CC1)=[C](/c1ccccc1)c1cccc(C(F)(F)F)c1. The molecule has 0 saturated carbocycles. The number of benzene rings is 6. The molecule has 0 bridgehead atoms. The van der Waals surface area contributed by atoms with Crippen LogP contribution < -0.4 is 3.27 Å². The fraction of sp³-hybridized carbons (Fsp3) is 0.212. The zero-order chi connectivity index (χ0) is 39.4. The van der Waals surface area contributed by atoms with Crippen molar-refractivity contribution in [3.63, 3.8) is 0 Å². The Bertz CT molecular complexity index is 2540. The van der Waals surface area contributed by atoms with Gasteiger partial charge in [-0.25, -0.2) is 0 Å². The summed E-state index contributed by atoms with van der Waals surface area (Å²) >= 11 is -3.46. The van der Waals surface area contributed by atoms with Crippen LogP contribution in [-0.4, -0.2) is 3.21 Å². The van der Waals surface area contributed by atoms with E-state index in [1.807, 2.05) is 24.3 Å². The van der Waals surface area contributed by atoms with E-state index in [1.165, 1.54) is 68.8 Å². The minimum atomic E-state index is -4.46. The molecule has 6 aromatic carbocycles. The Labute approximate surface area is 337 Å². The van der Waals surface area contributed by atoms with Gasteiger partial charge in [0, 0.05) is 0 Å². The third kappa shape index (κ3) is 7.22. The van der Waals surface area contributed by atoms with Crippen molar-refractivity contribution in [1.29, 1.82) is 0 Å². The van der Waals surface area contributed by atoms with Crippen molar-refractivity contribution in [2.75, 3.05) is 0 Å². The second-order valence-corrected chi connectivity index (χ2v) is 23.1. The van der Waals surface area contributed by atoms with Crippen LogP contribution in [0.3, 0.4) is 0 Å². The summed E-state index contributed by atoms with van der Waals surface area (Å²) in [7, 11) is 0. The standard InChI is InChI=1S/C33H33.C14H9F3.C5H5.Zr/c1-32(2,3)30-20-26-24(18-28(30)22-13-9-7-10-14-22)17-25-19-29(23-15-11-8-12-16-23)31(21-27(25)26)33(4,5)6;15-14(16,17)13-8-4-7-12(10-13)9-11-5-2-1-3-6-11;1-2-4-5-3-1;/h7-16,18,20-21H,17H2,1-6H3;1-8,10H;1-3H,4H2;. The van der Waals surface area contributed by atoms with Gasteiger partial charge in [0.2, 0.25) is 0 Å². The van der Waals surface area contributed by atoms with Gasteiger partial charge in [-0.2, -0.15) is 0 Å². The summed E-state index contributed by atoms with van der Waals surface area (Å²) in [5, 5.41) is 0. The summed E-state index contributed by atoms with van der Waals surface area (Å²) in [5.74, 6) is 0. The zero-order valence-corrected chi connectivity index (χ0v) is 35.4. The van der Waals surface area contributed by atoms with Gasteiger partial charge < -0.3 is 0 Å². The summed E-state index contributed by atoms with van der Waals surface area (Å²) in [6, 6.07) is 45.1. The minimum absolute atomic E-state index is 0.109. The average molecular weight is 820 g/mol. The van der Waals surface area contributed by atoms with Gasteiger partial charge in [-0.3, -0.25) is 0 Å². The van der Waals surface area contributed by atoms with E-state index >= 15 is 0 Å². The van der Waals surface area contributed by atoms with E-state index < -0.39 is 33.0 Å². The van der Waals surface area contributed by atoms with E-state index in [0.717, 1.165) is 27.2 Å². The van der Waals surface area contributed by atoms with E-state index in [-0.39, 0.29) is 10.8 Å². The second kappa shape index (κ2) is 14.7. The van der Waals surface area contributed by atoms with Gasteiger partial charge in [-0.05, 0) is 0 Å². The van der Waals surface area contributed by atoms with Crippen LogP contribution in [0.15, 0.2) is 155 Å². The van der Waals surface area contributed by atoms with E-state index in [9.17, 15) is 13.2 Å². The summed E-state index contributed by atoms with van der Waals surface area (Å²) in [5.41, 5.74) is 13.4. The van der Waals surface area contributed by atoms with E-state index in [0.29, 0.717) is 5.56 Å². The van der Waals surface area contributed by atoms with Gasteiger partial charge in [-0.15, -0.1) is 0 Å². The number of alkyl halides is 3. The van der Waals surface area contributed by atoms with E-state index in [2.05, 4.69) is 151 Å². The maximum atomic E-state index is 14.5. The number of hydrogen-bond acceptors (Lipinski definition) is 0. The molecule has 8 rings (SSSR count). The molecule has 2 aliphatic rings. The number of allylic oxidation sites excluding steroid dienone is 4. The Kier molecular flexibility index (Phi) is 10.0. The molecule has 0 radical (unpaired) electrons. The van der Waals surface area contributed by atoms with Crippen molar-refractivity contribution < 1.29 is 34.4 Å². The Balaban J connectivity index is 1.56. The second-order valence-electron chi connectivity index (χ2n) is 17.2. The molecule has 0 heterocycles. The van der Waals surface area contributed by atoms with E-state index in [4.69, 9.17) is 0 Å². The van der Waals surface area contributed by atoms with Crippen molar-refractivity contribution >= 4 is 6.48 Å². The Morgan fingerprint density at radius 3 is 1.75 bits per heavy atom. The Hall–Kier alpha value is -4.66. The molecular weight excluding hydrogens is 773 g/mol. The van der Waals surface area contributed by atoms with Crippen LogP contribution in [0.2, 0.25) is 0 Å². The van der Waals surface area contributed by atoms with Crippen molar-refractivity contribution in [3.05, 3.63) is 194 Å². The molecule has 0 aromatic heterocycles. The first-order chi connectivity index (χ1) is 26.7. The molecule has 56 heavy (non-hydrogen) atoms. The van der Waals surface area contributed by atoms with Crippen molar-refractivity contribution in [1.82, 2.24) is 0 Å². The summed E-state index contributed by atoms with van der Waals surface area (Å²) < 4.78 is 47.4. The predicted octanol–water partition coefficient (Wildman–Crippen LogP) is 13.6. The van der Waals surface area contributed by atoms with Gasteiger partial charge in [0.15, 0.2) is 0 Å². The van der Waals surface area contributed by atoms with Crippen LogP contribution in [0.5, 0.6) is 0 Å². The first-order valence-corrected chi connectivity index (χ1v) is 23.2. The average Bonchev–Trinajstić information content (AvgIpc) is 3.84. The Morgan fingerprint density at radius 2 is 1.16 bits per heavy atom. The van der Waals surface area contributed by atoms with Crippen LogP contribution in [-0.2, 0) is 44.7 Å². The topological polar surface area (TPSA) is 0 Å². The first-order valence-electron chi connectivity index (χ1n) is 19.5. The number of halogens is 3. The molecule has 6 aromatic rings. The van der Waals surface area contributed by atoms with Crippen molar-refractivity contribution in [2.24, 2.45) is 0 Å². The molecule has 0 aliphatic heterocycles. The predicted molar refractivity (Wildman–Crippen MR) is 226 cm³/mol. The summed E-state index contributed by atoms with van der Waals surface area (Å²) in [6.07, 6.45) is 3.76. The zero-order valence-electron chi connectivity index (χ0n) is 33.0. The van der Waals surface area contributed by atoms with Gasteiger partial charge in [0.25, 0.3) is 0 Å². The van der Waals surface area contributed by atoms with Crippen LogP contribution in [0.1, 0.15) is 86.9 Å². The van der Waals surface area contributed by atoms with E-state index in [1.54, 1.807) is 6.07 Å². The van der Waals surface area contributed by atoms with Crippen LogP contribution in [0.25, 0.3) is 33.4 Å². The Morgan fingerprint density at radius 1 is 0.571 bits per heavy atom. The molecule has 0 amide bonds. The van der Waals surface area contributed by atoms with Gasteiger partial charge >= 0.3 is 340 Å². The fourth-order valence-corrected chi connectivity index (χ4v) is 17.1. The van der Waals surface area contributed by atoms with Crippen LogP contribution in [0.4, 0.5) is 13.2 Å². The van der Waals surface area contributed by atoms with Crippen molar-refractivity contribution in [3.8, 4) is 33.4 Å². The molecule has 0 unspecified atom stereocenters. The molecule has 0 spiro atoms. The molecular formula is C52H47F3Zr. The van der Waals surface area contributed by atoms with Crippen LogP contribution >= 0.6 is 0 Å². The molecule has 0 atom stereocenters. The number of hydrogen-bond donors (Lipinski definition) is 0. The fourth-order valence-electron chi connectivity index (χ4n) is 8.62. The molecule has 0 nitrogen and oxygen atoms in total.